The minimum absolute atomic E-state index is 0.000173. The second-order valence-corrected chi connectivity index (χ2v) is 17.3. The van der Waals surface area contributed by atoms with Crippen LogP contribution in [0.15, 0.2) is 61.3 Å². The van der Waals surface area contributed by atoms with Gasteiger partial charge in [-0.15, -0.1) is 0 Å². The van der Waals surface area contributed by atoms with E-state index in [1.54, 1.807) is 29.1 Å². The van der Waals surface area contributed by atoms with Gasteiger partial charge in [0.05, 0.1) is 0 Å². The predicted octanol–water partition coefficient (Wildman–Crippen LogP) is 4.89. The number of anilines is 2. The number of carboxylic acids is 1. The Labute approximate surface area is 283 Å². The van der Waals surface area contributed by atoms with Crippen LogP contribution >= 0.6 is 0 Å². The molecule has 6 rings (SSSR count). The summed E-state index contributed by atoms with van der Waals surface area (Å²) in [4.78, 5) is 41.8. The third kappa shape index (κ3) is 8.03. The summed E-state index contributed by atoms with van der Waals surface area (Å²) in [5.74, 6) is -0.892. The Hall–Kier alpha value is -3.79. The molecule has 1 aromatic carbocycles. The van der Waals surface area contributed by atoms with Crippen LogP contribution in [0.5, 0.6) is 5.88 Å². The van der Waals surface area contributed by atoms with Gasteiger partial charge in [-0.05, 0) is 12.1 Å². The molecule has 5 heterocycles. The minimum atomic E-state index is -1.13. The van der Waals surface area contributed by atoms with Gasteiger partial charge in [-0.2, -0.15) is 0 Å². The van der Waals surface area contributed by atoms with Crippen molar-refractivity contribution >= 4 is 57.6 Å². The maximum absolute atomic E-state index is 12.7. The summed E-state index contributed by atoms with van der Waals surface area (Å²) in [6, 6.07) is 11.6. The van der Waals surface area contributed by atoms with Crippen LogP contribution in [0.4, 0.5) is 16.3 Å². The van der Waals surface area contributed by atoms with Gasteiger partial charge in [0.25, 0.3) is 0 Å². The fourth-order valence-corrected chi connectivity index (χ4v) is 10.5. The summed E-state index contributed by atoms with van der Waals surface area (Å²) in [7, 11) is 0. The zero-order valence-corrected chi connectivity index (χ0v) is 30.2. The summed E-state index contributed by atoms with van der Waals surface area (Å²) in [6.45, 7) is 2.22. The van der Waals surface area contributed by atoms with Crippen molar-refractivity contribution < 1.29 is 33.6 Å². The molecule has 0 bridgehead atoms. The molecule has 0 aliphatic carbocycles. The number of carbonyl (C=O) groups excluding carboxylic acids is 1. The molecule has 5 unspecified atom stereocenters. The van der Waals surface area contributed by atoms with Crippen LogP contribution in [-0.4, -0.2) is 95.7 Å². The summed E-state index contributed by atoms with van der Waals surface area (Å²) < 4.78 is 29.3. The first-order valence-electron chi connectivity index (χ1n) is 16.1. The number of rotatable bonds is 15. The van der Waals surface area contributed by atoms with E-state index in [1.165, 1.54) is 54.9 Å². The van der Waals surface area contributed by atoms with Crippen molar-refractivity contribution in [3.05, 3.63) is 66.9 Å². The normalized spacial score (nSPS) is 21.8. The number of benzene rings is 1. The molecular weight excluding hydrogens is 709 g/mol. The number of amides is 2. The Morgan fingerprint density at radius 1 is 0.957 bits per heavy atom. The average molecular weight is 748 g/mol. The second kappa shape index (κ2) is 15.9. The Morgan fingerprint density at radius 2 is 1.79 bits per heavy atom. The molecule has 5 atom stereocenters. The zero-order chi connectivity index (χ0) is 32.6. The average Bonchev–Trinajstić information content (AvgIpc) is 3.78. The number of ether oxygens (including phenoxy) is 4. The summed E-state index contributed by atoms with van der Waals surface area (Å²) in [5, 5.41) is 15.1. The van der Waals surface area contributed by atoms with Crippen molar-refractivity contribution in [3.8, 4) is 5.88 Å². The van der Waals surface area contributed by atoms with Gasteiger partial charge in [0, 0.05) is 5.69 Å². The van der Waals surface area contributed by atoms with E-state index in [0.29, 0.717) is 16.9 Å². The van der Waals surface area contributed by atoms with Crippen LogP contribution < -0.4 is 15.4 Å². The number of carboxylic acid groups (broad SMARTS) is 1. The van der Waals surface area contributed by atoms with Gasteiger partial charge < -0.3 is 0 Å². The molecule has 14 nitrogen and oxygen atoms in total. The first-order valence-corrected chi connectivity index (χ1v) is 21.8. The van der Waals surface area contributed by atoms with Crippen LogP contribution in [-0.2, 0) is 14.2 Å². The number of aromatic nitrogens is 5. The second-order valence-electron chi connectivity index (χ2n) is 11.6. The molecule has 15 heteroatoms. The molecule has 47 heavy (non-hydrogen) atoms. The van der Waals surface area contributed by atoms with E-state index >= 15 is 0 Å². The van der Waals surface area contributed by atoms with E-state index in [4.69, 9.17) is 18.9 Å². The molecule has 0 saturated carbocycles. The molecule has 3 aromatic heterocycles. The van der Waals surface area contributed by atoms with E-state index < -0.39 is 59.4 Å². The van der Waals surface area contributed by atoms with Gasteiger partial charge in [0.1, 0.15) is 0 Å². The summed E-state index contributed by atoms with van der Waals surface area (Å²) >= 11 is -1.09. The van der Waals surface area contributed by atoms with E-state index in [1.807, 2.05) is 18.2 Å². The number of unbranched alkanes of at least 4 members (excludes halogenated alkanes) is 4. The van der Waals surface area contributed by atoms with E-state index in [2.05, 4.69) is 37.5 Å². The molecule has 2 saturated heterocycles. The maximum atomic E-state index is 12.7. The predicted molar refractivity (Wildman–Crippen MR) is 174 cm³/mol. The number of nitrogens with zero attached hydrogens (tertiary/aromatic N) is 5. The van der Waals surface area contributed by atoms with Gasteiger partial charge in [0.2, 0.25) is 0 Å². The number of aromatic carboxylic acids is 1. The number of hydrogen-bond acceptors (Lipinski definition) is 10. The third-order valence-electron chi connectivity index (χ3n) is 8.23. The van der Waals surface area contributed by atoms with Crippen molar-refractivity contribution in [3.63, 3.8) is 0 Å². The fourth-order valence-electron chi connectivity index (χ4n) is 5.91. The van der Waals surface area contributed by atoms with Crippen molar-refractivity contribution in [1.82, 2.24) is 24.5 Å². The van der Waals surface area contributed by atoms with E-state index in [0.717, 1.165) is 4.18 Å². The number of carbonyl (C=O) groups is 2. The van der Waals surface area contributed by atoms with Gasteiger partial charge in [0.15, 0.2) is 0 Å². The number of hydrogen-bond donors (Lipinski definition) is 3. The SMILES string of the molecule is CCCCCC[CH2][InH][CH2]C1OC2C(COc3ncccc3C(=O)O)OC(n3cnc4c(NC(=O)Nc5ccccc5)ncnc43)C2O1. The topological polar surface area (TPSA) is 172 Å². The monoisotopic (exact) mass is 747 g/mol. The van der Waals surface area contributed by atoms with E-state index in [-0.39, 0.29) is 30.2 Å². The fraction of sp³-hybridized carbons (Fsp3) is 0.438. The van der Waals surface area contributed by atoms with Gasteiger partial charge in [-0.3, -0.25) is 0 Å². The van der Waals surface area contributed by atoms with Crippen LogP contribution in [0.2, 0.25) is 8.35 Å². The molecule has 2 aliphatic rings. The molecular formula is C32H38InN7O7. The number of para-hydroxylation sites is 1. The summed E-state index contributed by atoms with van der Waals surface area (Å²) in [5.41, 5.74) is 1.41. The Kier molecular flexibility index (Phi) is 11.2. The first-order chi connectivity index (χ1) is 23.0. The number of imidazole rings is 1. The number of fused-ring (bicyclic) bond motifs is 2. The number of pyridine rings is 1. The Balaban J connectivity index is 1.18. The van der Waals surface area contributed by atoms with Crippen LogP contribution in [0.3, 0.4) is 0 Å². The molecule has 4 aromatic rings. The van der Waals surface area contributed by atoms with Crippen molar-refractivity contribution in [1.29, 1.82) is 0 Å². The van der Waals surface area contributed by atoms with Crippen LogP contribution in [0.25, 0.3) is 11.2 Å². The van der Waals surface area contributed by atoms with Gasteiger partial charge >= 0.3 is 248 Å². The van der Waals surface area contributed by atoms with Crippen molar-refractivity contribution in [2.24, 2.45) is 0 Å². The quantitative estimate of drug-likeness (QED) is 0.141. The molecule has 3 N–H and O–H groups in total. The zero-order valence-electron chi connectivity index (χ0n) is 26.2. The standard InChI is InChI=1S/C25H22N7O7.C7H15.In.H/c1-13-37-18-16(10-36-22-15(24(33)34)8-5-9-26-22)39-23(19(18)38-13)32-12-29-17-20(27-11-28-21(17)32)31-25(35)30-14-6-3-2-4-7-14;1-3-5-7-6-4-2;;/h2-9,11-13,16,18-19,23H,1,10H2,(H,33,34)(H2,27,28,30,31,35);1,3-7H2,2H3;;. The number of nitrogens with one attached hydrogen (secondary N) is 2. The molecule has 2 fully saturated rings. The van der Waals surface area contributed by atoms with Gasteiger partial charge in [-0.1, -0.05) is 18.2 Å². The number of urea groups is 1. The Bertz CT molecular complexity index is 1660. The van der Waals surface area contributed by atoms with Crippen molar-refractivity contribution in [2.45, 2.75) is 78.2 Å². The molecule has 246 valence electrons. The molecule has 0 radical (unpaired) electrons. The van der Waals surface area contributed by atoms with E-state index in [9.17, 15) is 14.7 Å². The van der Waals surface area contributed by atoms with Crippen LogP contribution in [0, 0.1) is 0 Å². The van der Waals surface area contributed by atoms with Gasteiger partial charge in [-0.25, -0.2) is 0 Å². The third-order valence-corrected chi connectivity index (χ3v) is 13.6. The van der Waals surface area contributed by atoms with Crippen LogP contribution in [0.1, 0.15) is 55.6 Å². The van der Waals surface area contributed by atoms with Crippen molar-refractivity contribution in [2.75, 3.05) is 17.2 Å². The Morgan fingerprint density at radius 3 is 2.62 bits per heavy atom. The molecule has 2 amide bonds. The molecule has 0 spiro atoms. The molecule has 2 aliphatic heterocycles. The first kappa shape index (κ1) is 33.1. The summed E-state index contributed by atoms with van der Waals surface area (Å²) in [6.07, 6.45) is 8.24.